The van der Waals surface area contributed by atoms with Gasteiger partial charge in [-0.3, -0.25) is 0 Å². The van der Waals surface area contributed by atoms with E-state index in [9.17, 15) is 0 Å². The molecule has 0 saturated carbocycles. The molecule has 0 radical (unpaired) electrons. The van der Waals surface area contributed by atoms with E-state index >= 15 is 0 Å². The normalized spacial score (nSPS) is 9.94. The summed E-state index contributed by atoms with van der Waals surface area (Å²) in [4.78, 5) is 1.36. The predicted octanol–water partition coefficient (Wildman–Crippen LogP) is 11.0. The van der Waals surface area contributed by atoms with Gasteiger partial charge in [0, 0.05) is 4.88 Å². The van der Waals surface area contributed by atoms with Crippen molar-refractivity contribution in [3.8, 4) is 21.6 Å². The van der Waals surface area contributed by atoms with Crippen LogP contribution in [0.3, 0.4) is 0 Å². The Labute approximate surface area is 213 Å². The number of benzene rings is 3. The van der Waals surface area contributed by atoms with E-state index in [1.807, 2.05) is 52.9 Å². The fourth-order valence-electron chi connectivity index (χ4n) is 3.78. The van der Waals surface area contributed by atoms with Crippen LogP contribution in [0.4, 0.5) is 0 Å². The highest BCUT2D eigenvalue weighted by Gasteiger charge is 2.18. The van der Waals surface area contributed by atoms with Gasteiger partial charge in [0.15, 0.2) is 0 Å². The van der Waals surface area contributed by atoms with Gasteiger partial charge in [0.2, 0.25) is 0 Å². The van der Waals surface area contributed by atoms with Crippen LogP contribution in [0.2, 0.25) is 0 Å². The van der Waals surface area contributed by atoms with E-state index < -0.39 is 0 Å². The molecular formula is C33H44S. The molecule has 4 aromatic rings. The highest BCUT2D eigenvalue weighted by atomic mass is 32.1. The molecule has 0 bridgehead atoms. The van der Waals surface area contributed by atoms with Gasteiger partial charge in [0.05, 0.1) is 0 Å². The van der Waals surface area contributed by atoms with Crippen molar-refractivity contribution in [2.24, 2.45) is 0 Å². The topological polar surface area (TPSA) is 0 Å². The van der Waals surface area contributed by atoms with Crippen LogP contribution < -0.4 is 0 Å². The summed E-state index contributed by atoms with van der Waals surface area (Å²) in [6.45, 7) is 20.6. The van der Waals surface area contributed by atoms with Crippen LogP contribution in [0, 0.1) is 27.7 Å². The molecule has 1 heteroatoms. The van der Waals surface area contributed by atoms with Crippen molar-refractivity contribution in [3.05, 3.63) is 105 Å². The molecule has 3 aromatic carbocycles. The van der Waals surface area contributed by atoms with Gasteiger partial charge in [-0.05, 0) is 84.5 Å². The maximum absolute atomic E-state index is 2.31. The third kappa shape index (κ3) is 7.71. The Kier molecular flexibility index (Phi) is 13.2. The number of rotatable bonds is 1. The lowest BCUT2D eigenvalue weighted by Crippen LogP contribution is -1.84. The summed E-state index contributed by atoms with van der Waals surface area (Å²) in [6, 6.07) is 24.3. The van der Waals surface area contributed by atoms with E-state index in [4.69, 9.17) is 0 Å². The van der Waals surface area contributed by atoms with Crippen LogP contribution in [0.15, 0.2) is 72.1 Å². The van der Waals surface area contributed by atoms with Crippen LogP contribution in [0.1, 0.15) is 74.9 Å². The number of thiophene rings is 1. The molecule has 0 N–H and O–H groups in total. The molecule has 0 aliphatic heterocycles. The van der Waals surface area contributed by atoms with Gasteiger partial charge in [-0.1, -0.05) is 113 Å². The number of aryl methyl sites for hydroxylation is 4. The van der Waals surface area contributed by atoms with E-state index in [1.165, 1.54) is 54.9 Å². The Bertz CT molecular complexity index is 1110. The van der Waals surface area contributed by atoms with Gasteiger partial charge >= 0.3 is 0 Å². The summed E-state index contributed by atoms with van der Waals surface area (Å²) in [6.07, 6.45) is 1.11. The van der Waals surface area contributed by atoms with Crippen LogP contribution in [0.25, 0.3) is 21.6 Å². The molecular weight excluding hydrogens is 428 g/mol. The van der Waals surface area contributed by atoms with Gasteiger partial charge in [-0.2, -0.15) is 0 Å². The van der Waals surface area contributed by atoms with Crippen molar-refractivity contribution >= 4 is 11.3 Å². The Morgan fingerprint density at radius 2 is 1.21 bits per heavy atom. The van der Waals surface area contributed by atoms with E-state index in [0.717, 1.165) is 6.42 Å². The molecule has 182 valence electrons. The van der Waals surface area contributed by atoms with Crippen molar-refractivity contribution in [1.82, 2.24) is 0 Å². The van der Waals surface area contributed by atoms with Crippen LogP contribution >= 0.6 is 11.3 Å². The molecule has 0 fully saturated rings. The lowest BCUT2D eigenvalue weighted by molar-refractivity contribution is 1.21. The fourth-order valence-corrected chi connectivity index (χ4v) is 4.68. The smallest absolute Gasteiger partial charge is 0.0345 e. The lowest BCUT2D eigenvalue weighted by atomic mass is 10.0. The van der Waals surface area contributed by atoms with Gasteiger partial charge in [0.25, 0.3) is 0 Å². The SMILES string of the molecule is CC.CC.CC.Cc1ccc(-c2cc(C)cs2)cc1.Cc1ccc2c(c1)-c1cccc(C)c1C2. The average Bonchev–Trinajstić information content (AvgIpc) is 3.48. The zero-order chi connectivity index (χ0) is 25.7. The van der Waals surface area contributed by atoms with Crippen LogP contribution in [-0.2, 0) is 6.42 Å². The Balaban J connectivity index is 0.000000281. The second kappa shape index (κ2) is 15.3. The summed E-state index contributed by atoms with van der Waals surface area (Å²) in [5, 5.41) is 2.19. The molecule has 1 aliphatic rings. The molecule has 0 spiro atoms. The maximum Gasteiger partial charge on any atom is 0.0345 e. The van der Waals surface area contributed by atoms with Gasteiger partial charge in [0.1, 0.15) is 0 Å². The Morgan fingerprint density at radius 3 is 1.79 bits per heavy atom. The van der Waals surface area contributed by atoms with Crippen molar-refractivity contribution in [2.45, 2.75) is 75.7 Å². The minimum absolute atomic E-state index is 1.11. The Morgan fingerprint density at radius 1 is 0.588 bits per heavy atom. The van der Waals surface area contributed by atoms with Crippen molar-refractivity contribution in [1.29, 1.82) is 0 Å². The summed E-state index contributed by atoms with van der Waals surface area (Å²) < 4.78 is 0. The second-order valence-electron chi connectivity index (χ2n) is 7.79. The van der Waals surface area contributed by atoms with Gasteiger partial charge < -0.3 is 0 Å². The van der Waals surface area contributed by atoms with E-state index in [2.05, 4.69) is 99.8 Å². The summed E-state index contributed by atoms with van der Waals surface area (Å²) >= 11 is 1.81. The molecule has 5 rings (SSSR count). The zero-order valence-corrected chi connectivity index (χ0v) is 23.9. The summed E-state index contributed by atoms with van der Waals surface area (Å²) in [5.41, 5.74) is 12.6. The highest BCUT2D eigenvalue weighted by molar-refractivity contribution is 7.13. The molecule has 0 unspecified atom stereocenters. The molecule has 34 heavy (non-hydrogen) atoms. The van der Waals surface area contributed by atoms with E-state index in [1.54, 1.807) is 0 Å². The maximum atomic E-state index is 2.31. The standard InChI is InChI=1S/C15H14.C12H12S.3C2H6/c1-10-6-7-12-9-14-11(2)4-3-5-13(14)15(12)8-10;1-9-3-5-11(6-4-9)12-7-10(2)8-13-12;3*1-2/h3-8H,9H2,1-2H3;3-8H,1-2H3;3*1-2H3. The first kappa shape index (κ1) is 29.4. The van der Waals surface area contributed by atoms with E-state index in [-0.39, 0.29) is 0 Å². The number of fused-ring (bicyclic) bond motifs is 3. The van der Waals surface area contributed by atoms with Gasteiger partial charge in [-0.15, -0.1) is 11.3 Å². The first-order chi connectivity index (χ1) is 16.5. The van der Waals surface area contributed by atoms with Crippen molar-refractivity contribution in [3.63, 3.8) is 0 Å². The lowest BCUT2D eigenvalue weighted by Gasteiger charge is -2.03. The summed E-state index contributed by atoms with van der Waals surface area (Å²) in [5.74, 6) is 0. The zero-order valence-electron chi connectivity index (χ0n) is 23.0. The average molecular weight is 473 g/mol. The molecule has 1 heterocycles. The number of hydrogen-bond donors (Lipinski definition) is 0. The first-order valence-corrected chi connectivity index (χ1v) is 13.7. The van der Waals surface area contributed by atoms with Crippen molar-refractivity contribution < 1.29 is 0 Å². The minimum atomic E-state index is 1.11. The molecule has 0 nitrogen and oxygen atoms in total. The molecule has 1 aliphatic carbocycles. The highest BCUT2D eigenvalue weighted by Crippen LogP contribution is 2.38. The van der Waals surface area contributed by atoms with E-state index in [0.29, 0.717) is 0 Å². The minimum Gasteiger partial charge on any atom is -0.144 e. The second-order valence-corrected chi connectivity index (χ2v) is 8.70. The largest absolute Gasteiger partial charge is 0.144 e. The van der Waals surface area contributed by atoms with Gasteiger partial charge in [-0.25, -0.2) is 0 Å². The third-order valence-electron chi connectivity index (χ3n) is 5.40. The molecule has 1 aromatic heterocycles. The fraction of sp³-hybridized carbons (Fsp3) is 0.333. The first-order valence-electron chi connectivity index (χ1n) is 12.8. The van der Waals surface area contributed by atoms with Crippen molar-refractivity contribution in [2.75, 3.05) is 0 Å². The quantitative estimate of drug-likeness (QED) is 0.227. The summed E-state index contributed by atoms with van der Waals surface area (Å²) in [7, 11) is 0. The monoisotopic (exact) mass is 472 g/mol. The number of hydrogen-bond acceptors (Lipinski definition) is 1. The van der Waals surface area contributed by atoms with Crippen LogP contribution in [0.5, 0.6) is 0 Å². The predicted molar refractivity (Wildman–Crippen MR) is 157 cm³/mol. The molecule has 0 amide bonds. The molecule has 0 saturated heterocycles. The Hall–Kier alpha value is -2.64. The third-order valence-corrected chi connectivity index (χ3v) is 6.50. The molecule has 0 atom stereocenters. The van der Waals surface area contributed by atoms with Crippen LogP contribution in [-0.4, -0.2) is 0 Å².